The van der Waals surface area contributed by atoms with Gasteiger partial charge < -0.3 is 5.32 Å². The molecule has 35 heavy (non-hydrogen) atoms. The van der Waals surface area contributed by atoms with E-state index in [1.807, 2.05) is 19.1 Å². The minimum Gasteiger partial charge on any atom is -0.324 e. The molecule has 0 spiro atoms. The van der Waals surface area contributed by atoms with Gasteiger partial charge in [-0.05, 0) is 42.7 Å². The van der Waals surface area contributed by atoms with E-state index >= 15 is 0 Å². The lowest BCUT2D eigenvalue weighted by Crippen LogP contribution is -2.35. The normalized spacial score (nSPS) is 12.3. The number of amides is 1. The second-order valence-corrected chi connectivity index (χ2v) is 10.1. The summed E-state index contributed by atoms with van der Waals surface area (Å²) >= 11 is 11.7. The molecule has 1 aromatic carbocycles. The molecule has 3 aromatic rings. The van der Waals surface area contributed by atoms with Crippen LogP contribution in [0.5, 0.6) is 0 Å². The molecule has 9 nitrogen and oxygen atoms in total. The van der Waals surface area contributed by atoms with E-state index in [0.717, 1.165) is 10.4 Å². The fourth-order valence-corrected chi connectivity index (χ4v) is 5.08. The van der Waals surface area contributed by atoms with Crippen molar-refractivity contribution < 1.29 is 13.2 Å². The first-order chi connectivity index (χ1) is 16.7. The summed E-state index contributed by atoms with van der Waals surface area (Å²) in [7, 11) is -3.86. The van der Waals surface area contributed by atoms with Crippen molar-refractivity contribution in [3.8, 4) is 0 Å². The minimum absolute atomic E-state index is 0.0104. The number of hydrogen-bond donors (Lipinski definition) is 2. The molecule has 2 heterocycles. The van der Waals surface area contributed by atoms with Gasteiger partial charge in [0, 0.05) is 30.5 Å². The number of rotatable bonds is 10. The first kappa shape index (κ1) is 26.8. The smallest absolute Gasteiger partial charge is 0.287 e. The molecule has 0 bridgehead atoms. The summed E-state index contributed by atoms with van der Waals surface area (Å²) < 4.78 is 29.6. The quantitative estimate of drug-likeness (QED) is 0.407. The second-order valence-electron chi connectivity index (χ2n) is 7.61. The predicted octanol–water partition coefficient (Wildman–Crippen LogP) is 3.62. The Morgan fingerprint density at radius 1 is 1.17 bits per heavy atom. The maximum absolute atomic E-state index is 13.0. The molecule has 2 aromatic heterocycles. The molecule has 0 fully saturated rings. The molecule has 2 N–H and O–H groups in total. The second kappa shape index (κ2) is 11.8. The van der Waals surface area contributed by atoms with Crippen molar-refractivity contribution in [1.29, 1.82) is 0 Å². The van der Waals surface area contributed by atoms with Crippen molar-refractivity contribution in [2.24, 2.45) is 0 Å². The van der Waals surface area contributed by atoms with E-state index in [-0.39, 0.29) is 33.6 Å². The van der Waals surface area contributed by atoms with Gasteiger partial charge in [0.1, 0.15) is 11.1 Å². The number of aromatic nitrogens is 3. The van der Waals surface area contributed by atoms with Crippen molar-refractivity contribution >= 4 is 44.8 Å². The highest BCUT2D eigenvalue weighted by Crippen LogP contribution is 2.23. The topological polar surface area (TPSA) is 123 Å². The molecule has 3 rings (SSSR count). The van der Waals surface area contributed by atoms with Crippen LogP contribution < -0.4 is 15.6 Å². The van der Waals surface area contributed by atoms with E-state index in [1.54, 1.807) is 31.3 Å². The van der Waals surface area contributed by atoms with Crippen LogP contribution >= 0.6 is 23.2 Å². The lowest BCUT2D eigenvalue weighted by Gasteiger charge is -2.18. The summed E-state index contributed by atoms with van der Waals surface area (Å²) in [6.45, 7) is 3.72. The molecule has 0 aliphatic carbocycles. The highest BCUT2D eigenvalue weighted by Gasteiger charge is 2.24. The molecule has 0 saturated heterocycles. The maximum Gasteiger partial charge on any atom is 0.287 e. The van der Waals surface area contributed by atoms with E-state index in [0.29, 0.717) is 18.4 Å². The van der Waals surface area contributed by atoms with E-state index in [9.17, 15) is 18.0 Å². The Balaban J connectivity index is 1.81. The number of nitrogens with zero attached hydrogens (tertiary/aromatic N) is 3. The van der Waals surface area contributed by atoms with Gasteiger partial charge in [-0.1, -0.05) is 49.2 Å². The van der Waals surface area contributed by atoms with Crippen LogP contribution in [0.1, 0.15) is 37.6 Å². The van der Waals surface area contributed by atoms with Crippen LogP contribution in [0.25, 0.3) is 0 Å². The van der Waals surface area contributed by atoms with Crippen LogP contribution in [0.2, 0.25) is 10.0 Å². The monoisotopic (exact) mass is 537 g/mol. The van der Waals surface area contributed by atoms with Crippen LogP contribution in [0.15, 0.2) is 58.5 Å². The number of sulfonamides is 1. The van der Waals surface area contributed by atoms with Gasteiger partial charge in [0.25, 0.3) is 5.56 Å². The van der Waals surface area contributed by atoms with Crippen molar-refractivity contribution in [2.75, 3.05) is 11.9 Å². The summed E-state index contributed by atoms with van der Waals surface area (Å²) in [4.78, 5) is 29.7. The first-order valence-corrected chi connectivity index (χ1v) is 13.2. The Hall–Kier alpha value is -2.79. The van der Waals surface area contributed by atoms with Gasteiger partial charge in [0.05, 0.1) is 16.1 Å². The number of hydrogen-bond acceptors (Lipinski definition) is 6. The first-order valence-electron chi connectivity index (χ1n) is 10.9. The Labute approximate surface area is 213 Å². The number of halogens is 2. The van der Waals surface area contributed by atoms with Crippen molar-refractivity contribution in [1.82, 2.24) is 19.5 Å². The molecule has 186 valence electrons. The van der Waals surface area contributed by atoms with Crippen molar-refractivity contribution in [2.45, 2.75) is 44.0 Å². The van der Waals surface area contributed by atoms with Gasteiger partial charge in [0.2, 0.25) is 15.9 Å². The molecule has 1 atom stereocenters. The molecule has 0 saturated carbocycles. The van der Waals surface area contributed by atoms with Gasteiger partial charge >= 0.3 is 0 Å². The third-order valence-corrected chi connectivity index (χ3v) is 7.58. The lowest BCUT2D eigenvalue weighted by atomic mass is 10.1. The number of benzene rings is 1. The summed E-state index contributed by atoms with van der Waals surface area (Å²) in [5.74, 6) is -0.545. The minimum atomic E-state index is -3.86. The number of nitrogens with one attached hydrogen (secondary N) is 2. The summed E-state index contributed by atoms with van der Waals surface area (Å²) in [6, 6.07) is 9.13. The molecular weight excluding hydrogens is 513 g/mol. The fraction of sp³-hybridized carbons (Fsp3) is 0.304. The fourth-order valence-electron chi connectivity index (χ4n) is 3.45. The molecule has 12 heteroatoms. The molecule has 0 radical (unpaired) electrons. The Bertz CT molecular complexity index is 1360. The number of carbonyl (C=O) groups is 1. The summed E-state index contributed by atoms with van der Waals surface area (Å²) in [6.07, 6.45) is 3.99. The number of aryl methyl sites for hydroxylation is 1. The Morgan fingerprint density at radius 2 is 1.94 bits per heavy atom. The summed E-state index contributed by atoms with van der Waals surface area (Å²) in [5.41, 5.74) is 0.943. The average Bonchev–Trinajstić information content (AvgIpc) is 2.85. The molecule has 0 aliphatic rings. The van der Waals surface area contributed by atoms with Gasteiger partial charge in [0.15, 0.2) is 0 Å². The third kappa shape index (κ3) is 6.46. The van der Waals surface area contributed by atoms with Gasteiger partial charge in [-0.2, -0.15) is 5.10 Å². The predicted molar refractivity (Wildman–Crippen MR) is 135 cm³/mol. The average molecular weight is 538 g/mol. The molecule has 0 unspecified atom stereocenters. The lowest BCUT2D eigenvalue weighted by molar-refractivity contribution is -0.119. The summed E-state index contributed by atoms with van der Waals surface area (Å²) in [5, 5.41) is 6.37. The zero-order chi connectivity index (χ0) is 25.6. The van der Waals surface area contributed by atoms with Crippen molar-refractivity contribution in [3.05, 3.63) is 80.4 Å². The Kier molecular flexibility index (Phi) is 9.01. The SMILES string of the molecule is CCc1ccc(NC(=O)[C@@H](CC)n2ncc(Cl)c(Cl)c2=O)cc1S(=O)(=O)NCCc1ccccn1. The Morgan fingerprint density at radius 3 is 2.60 bits per heavy atom. The third-order valence-electron chi connectivity index (χ3n) is 5.29. The molecule has 1 amide bonds. The van der Waals surface area contributed by atoms with Crippen LogP contribution in [0.4, 0.5) is 5.69 Å². The van der Waals surface area contributed by atoms with E-state index in [1.165, 1.54) is 12.3 Å². The molecular formula is C23H25Cl2N5O4S. The van der Waals surface area contributed by atoms with Gasteiger partial charge in [-0.15, -0.1) is 0 Å². The number of anilines is 1. The largest absolute Gasteiger partial charge is 0.324 e. The van der Waals surface area contributed by atoms with Crippen LogP contribution in [0, 0.1) is 0 Å². The zero-order valence-corrected chi connectivity index (χ0v) is 21.5. The van der Waals surface area contributed by atoms with E-state index < -0.39 is 27.5 Å². The number of carbonyl (C=O) groups excluding carboxylic acids is 1. The van der Waals surface area contributed by atoms with Gasteiger partial charge in [-0.3, -0.25) is 14.6 Å². The number of pyridine rings is 1. The van der Waals surface area contributed by atoms with E-state index in [2.05, 4.69) is 20.1 Å². The molecule has 0 aliphatic heterocycles. The van der Waals surface area contributed by atoms with Gasteiger partial charge in [-0.25, -0.2) is 17.8 Å². The van der Waals surface area contributed by atoms with Crippen LogP contribution in [-0.4, -0.2) is 35.6 Å². The highest BCUT2D eigenvalue weighted by atomic mass is 35.5. The van der Waals surface area contributed by atoms with E-state index in [4.69, 9.17) is 23.2 Å². The zero-order valence-electron chi connectivity index (χ0n) is 19.2. The van der Waals surface area contributed by atoms with Crippen molar-refractivity contribution in [3.63, 3.8) is 0 Å². The van der Waals surface area contributed by atoms with Crippen LogP contribution in [0.3, 0.4) is 0 Å². The standard InChI is InChI=1S/C23H25Cl2N5O4S/c1-3-15-8-9-17(13-20(15)35(33,34)28-12-10-16-7-5-6-11-26-16)29-22(31)19(4-2)30-23(32)21(25)18(24)14-27-30/h5-9,11,13-14,19,28H,3-4,10,12H2,1-2H3,(H,29,31)/t19-/m1/s1. The van der Waals surface area contributed by atoms with Crippen LogP contribution in [-0.2, 0) is 27.7 Å². The highest BCUT2D eigenvalue weighted by molar-refractivity contribution is 7.89. The maximum atomic E-state index is 13.0.